The molecule has 14 heteroatoms. The van der Waals surface area contributed by atoms with Gasteiger partial charge in [-0.2, -0.15) is 15.1 Å². The molecule has 3 aromatic heterocycles. The minimum absolute atomic E-state index is 0.00306. The SMILES string of the molecule is COc1nc(-c2c(Cl)c(C)cc3[nH]ncc23)c(F)c2nc(OC[C@]34CCC[C@H]3N(C3CC(OC)C3)CCC4)nc(N3CCOC[C@@](C)(O)C3)c12. The Balaban J connectivity index is 1.23. The van der Waals surface area contributed by atoms with Gasteiger partial charge in [0.1, 0.15) is 28.0 Å². The highest BCUT2D eigenvalue weighted by Gasteiger charge is 2.52. The van der Waals surface area contributed by atoms with Crippen LogP contribution in [0.5, 0.6) is 11.9 Å². The summed E-state index contributed by atoms with van der Waals surface area (Å²) in [6, 6.07) is 2.88. The Morgan fingerprint density at radius 3 is 2.78 bits per heavy atom. The lowest BCUT2D eigenvalue weighted by atomic mass is 9.73. The Morgan fingerprint density at radius 1 is 1.16 bits per heavy atom. The van der Waals surface area contributed by atoms with Gasteiger partial charge >= 0.3 is 6.01 Å². The van der Waals surface area contributed by atoms with Crippen LogP contribution < -0.4 is 14.4 Å². The monoisotopic (exact) mass is 709 g/mol. The third-order valence-electron chi connectivity index (χ3n) is 11.5. The van der Waals surface area contributed by atoms with Gasteiger partial charge in [-0.3, -0.25) is 10.00 Å². The number of methoxy groups -OCH3 is 2. The Labute approximate surface area is 295 Å². The summed E-state index contributed by atoms with van der Waals surface area (Å²) in [5.41, 5.74) is 0.596. The fourth-order valence-corrected chi connectivity index (χ4v) is 9.16. The fraction of sp³-hybridized carbons (Fsp3) is 0.611. The predicted octanol–water partition coefficient (Wildman–Crippen LogP) is 5.46. The first-order valence-electron chi connectivity index (χ1n) is 17.7. The van der Waals surface area contributed by atoms with Gasteiger partial charge < -0.3 is 29.0 Å². The lowest BCUT2D eigenvalue weighted by molar-refractivity contribution is -0.0845. The average molecular weight is 710 g/mol. The normalized spacial score (nSPS) is 28.9. The van der Waals surface area contributed by atoms with E-state index in [-0.39, 0.29) is 47.1 Å². The molecular weight excluding hydrogens is 665 g/mol. The largest absolute Gasteiger partial charge is 0.480 e. The van der Waals surface area contributed by atoms with Crippen LogP contribution in [0.25, 0.3) is 33.1 Å². The highest BCUT2D eigenvalue weighted by atomic mass is 35.5. The lowest BCUT2D eigenvalue weighted by Gasteiger charge is -2.53. The van der Waals surface area contributed by atoms with Gasteiger partial charge in [-0.25, -0.2) is 9.37 Å². The number of ether oxygens (including phenoxy) is 4. The number of aliphatic hydroxyl groups is 1. The second kappa shape index (κ2) is 13.0. The summed E-state index contributed by atoms with van der Waals surface area (Å²) in [6.45, 7) is 6.17. The summed E-state index contributed by atoms with van der Waals surface area (Å²) >= 11 is 6.86. The molecule has 12 nitrogen and oxygen atoms in total. The number of benzene rings is 1. The first-order valence-corrected chi connectivity index (χ1v) is 18.0. The summed E-state index contributed by atoms with van der Waals surface area (Å²) in [5, 5.41) is 19.5. The highest BCUT2D eigenvalue weighted by Crippen LogP contribution is 2.50. The molecule has 2 saturated heterocycles. The summed E-state index contributed by atoms with van der Waals surface area (Å²) in [6.07, 6.45) is 9.57. The third-order valence-corrected chi connectivity index (χ3v) is 12.0. The Hall–Kier alpha value is -3.36. The average Bonchev–Trinajstić information content (AvgIpc) is 3.69. The van der Waals surface area contributed by atoms with Crippen LogP contribution in [0.2, 0.25) is 5.02 Å². The van der Waals surface area contributed by atoms with Gasteiger partial charge in [0.15, 0.2) is 5.82 Å². The number of likely N-dealkylation sites (tertiary alicyclic amines) is 1. The van der Waals surface area contributed by atoms with Gasteiger partial charge in [-0.15, -0.1) is 0 Å². The van der Waals surface area contributed by atoms with Crippen molar-refractivity contribution in [3.8, 4) is 23.1 Å². The van der Waals surface area contributed by atoms with Crippen molar-refractivity contribution >= 4 is 39.2 Å². The molecule has 2 saturated carbocycles. The number of piperidine rings is 1. The van der Waals surface area contributed by atoms with Crippen molar-refractivity contribution in [3.63, 3.8) is 0 Å². The van der Waals surface area contributed by atoms with Crippen molar-refractivity contribution in [2.45, 2.75) is 82.6 Å². The molecule has 2 N–H and O–H groups in total. The molecule has 0 amide bonds. The van der Waals surface area contributed by atoms with Crippen LogP contribution >= 0.6 is 11.6 Å². The van der Waals surface area contributed by atoms with Gasteiger partial charge in [0, 0.05) is 42.1 Å². The van der Waals surface area contributed by atoms with E-state index >= 15 is 4.39 Å². The zero-order valence-corrected chi connectivity index (χ0v) is 29.9. The van der Waals surface area contributed by atoms with Crippen LogP contribution in [0.15, 0.2) is 12.3 Å². The summed E-state index contributed by atoms with van der Waals surface area (Å²) in [4.78, 5) is 19.0. The number of pyridine rings is 1. The summed E-state index contributed by atoms with van der Waals surface area (Å²) in [5.74, 6) is -0.190. The highest BCUT2D eigenvalue weighted by molar-refractivity contribution is 6.35. The standard InChI is InChI=1S/C36H45ClFN7O5/c1-20-13-24-23(16-39-43-24)26(28(20)37)30-29(38)31-27(33(40-30)48-4)32(44-11-12-49-18-35(2,46)17-44)42-34(41-31)50-19-36-8-5-7-25(36)45(10-6-9-36)21-14-22(15-21)47-3/h13,16,21-22,25,46H,5-12,14-15,17-19H2,1-4H3,(H,39,43)/t21?,22?,25-,35+,36-/m1/s1. The maximum Gasteiger partial charge on any atom is 0.319 e. The molecule has 2 aliphatic carbocycles. The second-order valence-corrected chi connectivity index (χ2v) is 15.3. The van der Waals surface area contributed by atoms with Crippen LogP contribution in [-0.4, -0.2) is 113 Å². The summed E-state index contributed by atoms with van der Waals surface area (Å²) in [7, 11) is 3.28. The molecule has 8 rings (SSSR count). The molecule has 4 aliphatic rings. The molecular formula is C36H45ClFN7O5. The number of β-amino-alcohol motifs (C(OH)–C–C–N with tert-alkyl or cyclic N) is 1. The van der Waals surface area contributed by atoms with E-state index in [9.17, 15) is 5.11 Å². The van der Waals surface area contributed by atoms with Crippen molar-refractivity contribution in [2.75, 3.05) is 58.6 Å². The van der Waals surface area contributed by atoms with Crippen LogP contribution in [0.1, 0.15) is 57.4 Å². The number of aromatic nitrogens is 5. The van der Waals surface area contributed by atoms with Crippen molar-refractivity contribution in [3.05, 3.63) is 28.7 Å². The molecule has 50 heavy (non-hydrogen) atoms. The minimum atomic E-state index is -1.18. The number of aromatic amines is 1. The van der Waals surface area contributed by atoms with E-state index in [1.165, 1.54) is 7.11 Å². The first-order chi connectivity index (χ1) is 24.1. The maximum absolute atomic E-state index is 17.2. The minimum Gasteiger partial charge on any atom is -0.480 e. The van der Waals surface area contributed by atoms with Crippen LogP contribution in [-0.2, 0) is 9.47 Å². The quantitative estimate of drug-likeness (QED) is 0.242. The number of rotatable bonds is 8. The van der Waals surface area contributed by atoms with Crippen LogP contribution in [0.4, 0.5) is 10.2 Å². The van der Waals surface area contributed by atoms with Gasteiger partial charge in [0.2, 0.25) is 5.88 Å². The first kappa shape index (κ1) is 33.8. The number of aryl methyl sites for hydroxylation is 1. The van der Waals surface area contributed by atoms with E-state index in [2.05, 4.69) is 15.1 Å². The van der Waals surface area contributed by atoms with Crippen molar-refractivity contribution in [1.82, 2.24) is 30.0 Å². The maximum atomic E-state index is 17.2. The van der Waals surface area contributed by atoms with E-state index in [1.807, 2.05) is 17.9 Å². The smallest absolute Gasteiger partial charge is 0.319 e. The molecule has 0 radical (unpaired) electrons. The molecule has 0 bridgehead atoms. The third kappa shape index (κ3) is 5.75. The molecule has 0 spiro atoms. The van der Waals surface area contributed by atoms with E-state index in [4.69, 9.17) is 45.5 Å². The van der Waals surface area contributed by atoms with Gasteiger partial charge in [0.05, 0.1) is 56.3 Å². The number of anilines is 1. The molecule has 3 atom stereocenters. The number of H-pyrrole nitrogens is 1. The number of fused-ring (bicyclic) bond motifs is 3. The molecule has 4 aromatic rings. The number of hydrogen-bond acceptors (Lipinski definition) is 11. The van der Waals surface area contributed by atoms with E-state index in [1.54, 1.807) is 20.2 Å². The zero-order chi connectivity index (χ0) is 34.8. The molecule has 2 aliphatic heterocycles. The second-order valence-electron chi connectivity index (χ2n) is 14.9. The Bertz CT molecular complexity index is 1920. The topological polar surface area (TPSA) is 131 Å². The Morgan fingerprint density at radius 2 is 1.98 bits per heavy atom. The fourth-order valence-electron chi connectivity index (χ4n) is 8.91. The van der Waals surface area contributed by atoms with E-state index < -0.39 is 11.4 Å². The van der Waals surface area contributed by atoms with Gasteiger partial charge in [-0.05, 0) is 70.5 Å². The number of halogens is 2. The number of hydrogen-bond donors (Lipinski definition) is 2. The van der Waals surface area contributed by atoms with Crippen molar-refractivity contribution in [1.29, 1.82) is 0 Å². The zero-order valence-electron chi connectivity index (χ0n) is 29.1. The molecule has 4 fully saturated rings. The lowest BCUT2D eigenvalue weighted by Crippen LogP contribution is -2.59. The molecule has 268 valence electrons. The number of nitrogens with one attached hydrogen (secondary N) is 1. The van der Waals surface area contributed by atoms with E-state index in [0.29, 0.717) is 65.3 Å². The van der Waals surface area contributed by atoms with Crippen LogP contribution in [0, 0.1) is 18.2 Å². The van der Waals surface area contributed by atoms with Crippen LogP contribution in [0.3, 0.4) is 0 Å². The summed E-state index contributed by atoms with van der Waals surface area (Å²) < 4.78 is 40.9. The Kier molecular flexibility index (Phi) is 8.78. The van der Waals surface area contributed by atoms with Crippen molar-refractivity contribution < 1.29 is 28.4 Å². The number of nitrogens with zero attached hydrogens (tertiary/aromatic N) is 6. The van der Waals surface area contributed by atoms with E-state index in [0.717, 1.165) is 57.1 Å². The molecule has 5 heterocycles. The predicted molar refractivity (Wildman–Crippen MR) is 188 cm³/mol. The molecule has 1 aromatic carbocycles. The molecule has 0 unspecified atom stereocenters. The van der Waals surface area contributed by atoms with Gasteiger partial charge in [0.25, 0.3) is 0 Å². The van der Waals surface area contributed by atoms with Gasteiger partial charge in [-0.1, -0.05) is 18.0 Å². The van der Waals surface area contributed by atoms with Crippen molar-refractivity contribution in [2.24, 2.45) is 5.41 Å².